The van der Waals surface area contributed by atoms with Crippen LogP contribution in [0.2, 0.25) is 0 Å². The van der Waals surface area contributed by atoms with E-state index < -0.39 is 0 Å². The summed E-state index contributed by atoms with van der Waals surface area (Å²) in [5.74, 6) is 3.53. The van der Waals surface area contributed by atoms with Gasteiger partial charge in [0.15, 0.2) is 0 Å². The molecule has 0 heterocycles. The Kier molecular flexibility index (Phi) is 7.13. The maximum atomic E-state index is 2.38. The molecule has 4 atom stereocenters. The molecular weight excluding hydrogens is 458 g/mol. The van der Waals surface area contributed by atoms with Crippen molar-refractivity contribution in [2.75, 3.05) is 12.3 Å². The second kappa shape index (κ2) is 10.8. The van der Waals surface area contributed by atoms with Gasteiger partial charge in [-0.3, -0.25) is 0 Å². The molecule has 4 aromatic rings. The van der Waals surface area contributed by atoms with E-state index in [9.17, 15) is 0 Å². The predicted octanol–water partition coefficient (Wildman–Crippen LogP) is 6.91. The normalized spacial score (nSPS) is 23.3. The molecule has 2 aliphatic rings. The van der Waals surface area contributed by atoms with Gasteiger partial charge in [0.2, 0.25) is 0 Å². The Morgan fingerprint density at radius 1 is 0.429 bits per heavy atom. The first kappa shape index (κ1) is 23.2. The summed E-state index contributed by atoms with van der Waals surface area (Å²) in [5.41, 5.74) is 0. The first-order valence-corrected chi connectivity index (χ1v) is 16.2. The molecule has 0 spiro atoms. The third kappa shape index (κ3) is 5.03. The molecule has 2 saturated carbocycles. The molecule has 2 fully saturated rings. The van der Waals surface area contributed by atoms with E-state index in [2.05, 4.69) is 121 Å². The van der Waals surface area contributed by atoms with Gasteiger partial charge in [-0.2, -0.15) is 0 Å². The zero-order chi connectivity index (χ0) is 23.5. The fourth-order valence-corrected chi connectivity index (χ4v) is 12.2. The van der Waals surface area contributed by atoms with E-state index in [0.717, 1.165) is 23.7 Å². The molecule has 6 rings (SSSR count). The minimum Gasteiger partial charge on any atom is -0.0622 e. The molecule has 0 saturated heterocycles. The third-order valence-corrected chi connectivity index (χ3v) is 13.6. The van der Waals surface area contributed by atoms with Gasteiger partial charge >= 0.3 is 0 Å². The Balaban J connectivity index is 1.33. The molecule has 4 aromatic carbocycles. The van der Waals surface area contributed by atoms with Crippen LogP contribution in [0.15, 0.2) is 121 Å². The van der Waals surface area contributed by atoms with E-state index in [1.165, 1.54) is 31.6 Å². The molecule has 176 valence electrons. The van der Waals surface area contributed by atoms with Gasteiger partial charge in [-0.15, -0.1) is 0 Å². The standard InChI is InChI=1S/C33H34P2/c1-5-13-28(14-6-1)34(29-15-7-2-8-16-29)24-32-26-21-22-27(23-26)33(32)25-35(30-17-9-3-10-18-30)31-19-11-4-12-20-31/h1-20,26-27,32-33H,21-25H2/t26-,27+,32-,33-/m1/s1. The molecule has 0 N–H and O–H groups in total. The minimum atomic E-state index is -0.327. The molecule has 0 unspecified atom stereocenters. The van der Waals surface area contributed by atoms with E-state index >= 15 is 0 Å². The lowest BCUT2D eigenvalue weighted by atomic mass is 9.81. The van der Waals surface area contributed by atoms with Crippen molar-refractivity contribution in [2.24, 2.45) is 23.7 Å². The van der Waals surface area contributed by atoms with Crippen LogP contribution in [0.4, 0.5) is 0 Å². The average Bonchev–Trinajstić information content (AvgIpc) is 3.54. The first-order chi connectivity index (χ1) is 17.4. The molecule has 35 heavy (non-hydrogen) atoms. The van der Waals surface area contributed by atoms with Crippen LogP contribution in [-0.2, 0) is 0 Å². The Bertz CT molecular complexity index is 1020. The van der Waals surface area contributed by atoms with Crippen molar-refractivity contribution in [3.05, 3.63) is 121 Å². The van der Waals surface area contributed by atoms with Crippen molar-refractivity contribution in [1.29, 1.82) is 0 Å². The van der Waals surface area contributed by atoms with Crippen LogP contribution in [-0.4, -0.2) is 12.3 Å². The number of fused-ring (bicyclic) bond motifs is 2. The highest BCUT2D eigenvalue weighted by Gasteiger charge is 2.48. The van der Waals surface area contributed by atoms with E-state index in [0.29, 0.717) is 0 Å². The first-order valence-electron chi connectivity index (χ1n) is 13.1. The van der Waals surface area contributed by atoms with Gasteiger partial charge in [0, 0.05) is 0 Å². The van der Waals surface area contributed by atoms with Gasteiger partial charge in [0.25, 0.3) is 0 Å². The zero-order valence-corrected chi connectivity index (χ0v) is 22.1. The Labute approximate surface area is 213 Å². The molecular formula is C33H34P2. The Hall–Kier alpha value is -2.26. The van der Waals surface area contributed by atoms with Crippen LogP contribution >= 0.6 is 15.8 Å². The van der Waals surface area contributed by atoms with Gasteiger partial charge < -0.3 is 0 Å². The summed E-state index contributed by atoms with van der Waals surface area (Å²) in [7, 11) is -0.653. The van der Waals surface area contributed by atoms with E-state index in [1.54, 1.807) is 21.2 Å². The summed E-state index contributed by atoms with van der Waals surface area (Å²) >= 11 is 0. The number of benzene rings is 4. The molecule has 2 aliphatic carbocycles. The molecule has 2 bridgehead atoms. The largest absolute Gasteiger partial charge is 0.0622 e. The average molecular weight is 493 g/mol. The van der Waals surface area contributed by atoms with Crippen molar-refractivity contribution >= 4 is 37.1 Å². The summed E-state index contributed by atoms with van der Waals surface area (Å²) in [6.07, 6.45) is 7.07. The zero-order valence-electron chi connectivity index (χ0n) is 20.3. The van der Waals surface area contributed by atoms with Crippen LogP contribution in [0.3, 0.4) is 0 Å². The van der Waals surface area contributed by atoms with E-state index in [-0.39, 0.29) is 15.8 Å². The molecule has 0 nitrogen and oxygen atoms in total. The Morgan fingerprint density at radius 3 is 1.00 bits per heavy atom. The van der Waals surface area contributed by atoms with Crippen molar-refractivity contribution in [1.82, 2.24) is 0 Å². The topological polar surface area (TPSA) is 0 Å². The van der Waals surface area contributed by atoms with Crippen LogP contribution in [0, 0.1) is 23.7 Å². The maximum absolute atomic E-state index is 2.38. The third-order valence-electron chi connectivity index (χ3n) is 8.33. The summed E-state index contributed by atoms with van der Waals surface area (Å²) in [6.45, 7) is 0. The SMILES string of the molecule is c1ccc(P(C[C@@H]2[C@@H]3CC[C@@H](C3)[C@H]2CP(c2ccccc2)c2ccccc2)c2ccccc2)cc1. The van der Waals surface area contributed by atoms with Crippen LogP contribution in [0.5, 0.6) is 0 Å². The maximum Gasteiger partial charge on any atom is -0.0195 e. The van der Waals surface area contributed by atoms with Crippen molar-refractivity contribution in [3.8, 4) is 0 Å². The second-order valence-corrected chi connectivity index (χ2v) is 14.7. The van der Waals surface area contributed by atoms with Crippen LogP contribution < -0.4 is 21.2 Å². The summed E-state index contributed by atoms with van der Waals surface area (Å²) in [5, 5.41) is 6.18. The number of rotatable bonds is 8. The molecule has 0 amide bonds. The lowest BCUT2D eigenvalue weighted by Gasteiger charge is -2.36. The van der Waals surface area contributed by atoms with E-state index in [1.807, 2.05) is 0 Å². The molecule has 0 aromatic heterocycles. The quantitative estimate of drug-likeness (QED) is 0.234. The predicted molar refractivity (Wildman–Crippen MR) is 156 cm³/mol. The highest BCUT2D eigenvalue weighted by Crippen LogP contribution is 2.58. The fourth-order valence-electron chi connectivity index (χ4n) is 6.67. The van der Waals surface area contributed by atoms with Crippen molar-refractivity contribution in [2.45, 2.75) is 19.3 Å². The van der Waals surface area contributed by atoms with Gasteiger partial charge in [-0.05, 0) is 92.3 Å². The fraction of sp³-hybridized carbons (Fsp3) is 0.273. The van der Waals surface area contributed by atoms with Gasteiger partial charge in [0.1, 0.15) is 0 Å². The number of hydrogen-bond acceptors (Lipinski definition) is 0. The lowest BCUT2D eigenvalue weighted by Crippen LogP contribution is -2.32. The summed E-state index contributed by atoms with van der Waals surface area (Å²) in [6, 6.07) is 45.5. The smallest absolute Gasteiger partial charge is 0.0195 e. The lowest BCUT2D eigenvalue weighted by molar-refractivity contribution is 0.267. The van der Waals surface area contributed by atoms with Gasteiger partial charge in [-0.25, -0.2) is 0 Å². The number of hydrogen-bond donors (Lipinski definition) is 0. The highest BCUT2D eigenvalue weighted by molar-refractivity contribution is 7.73. The summed E-state index contributed by atoms with van der Waals surface area (Å²) < 4.78 is 0. The minimum absolute atomic E-state index is 0.327. The van der Waals surface area contributed by atoms with Crippen molar-refractivity contribution in [3.63, 3.8) is 0 Å². The Morgan fingerprint density at radius 2 is 0.714 bits per heavy atom. The van der Waals surface area contributed by atoms with Crippen molar-refractivity contribution < 1.29 is 0 Å². The monoisotopic (exact) mass is 492 g/mol. The summed E-state index contributed by atoms with van der Waals surface area (Å²) in [4.78, 5) is 0. The van der Waals surface area contributed by atoms with Crippen LogP contribution in [0.25, 0.3) is 0 Å². The van der Waals surface area contributed by atoms with E-state index in [4.69, 9.17) is 0 Å². The van der Waals surface area contributed by atoms with Gasteiger partial charge in [-0.1, -0.05) is 121 Å². The molecule has 0 radical (unpaired) electrons. The van der Waals surface area contributed by atoms with Gasteiger partial charge in [0.05, 0.1) is 0 Å². The van der Waals surface area contributed by atoms with Crippen LogP contribution in [0.1, 0.15) is 19.3 Å². The molecule has 2 heteroatoms. The highest BCUT2D eigenvalue weighted by atomic mass is 31.1. The second-order valence-electron chi connectivity index (χ2n) is 10.2. The molecule has 0 aliphatic heterocycles.